The first-order valence-corrected chi connectivity index (χ1v) is 8.01. The van der Waals surface area contributed by atoms with Crippen molar-refractivity contribution >= 4 is 0 Å². The predicted molar refractivity (Wildman–Crippen MR) is 92.3 cm³/mol. The molecule has 3 heteroatoms. The van der Waals surface area contributed by atoms with E-state index in [2.05, 4.69) is 52.9 Å². The van der Waals surface area contributed by atoms with E-state index in [0.717, 1.165) is 18.7 Å². The van der Waals surface area contributed by atoms with Crippen molar-refractivity contribution in [2.75, 3.05) is 0 Å². The van der Waals surface area contributed by atoms with Gasteiger partial charge < -0.3 is 9.30 Å². The summed E-state index contributed by atoms with van der Waals surface area (Å²) in [5, 5.41) is 0. The minimum atomic E-state index is 0.570. The highest BCUT2D eigenvalue weighted by molar-refractivity contribution is 5.28. The van der Waals surface area contributed by atoms with Gasteiger partial charge in [0.15, 0.2) is 0 Å². The number of imidazole rings is 1. The Hall–Kier alpha value is -2.55. The molecule has 0 aliphatic rings. The van der Waals surface area contributed by atoms with Crippen molar-refractivity contribution in [3.63, 3.8) is 0 Å². The largest absolute Gasteiger partial charge is 0.489 e. The van der Waals surface area contributed by atoms with Crippen LogP contribution in [0.5, 0.6) is 5.75 Å². The number of hydrogen-bond acceptors (Lipinski definition) is 2. The predicted octanol–water partition coefficient (Wildman–Crippen LogP) is 4.34. The van der Waals surface area contributed by atoms with E-state index in [1.807, 2.05) is 36.9 Å². The van der Waals surface area contributed by atoms with Gasteiger partial charge in [-0.15, -0.1) is 0 Å². The molecule has 0 amide bonds. The van der Waals surface area contributed by atoms with Crippen molar-refractivity contribution in [2.24, 2.45) is 5.92 Å². The van der Waals surface area contributed by atoms with Gasteiger partial charge in [-0.3, -0.25) is 0 Å². The Balaban J connectivity index is 1.50. The summed E-state index contributed by atoms with van der Waals surface area (Å²) in [6.45, 7) is 3.86. The molecular formula is C20H22N2O. The van der Waals surface area contributed by atoms with Gasteiger partial charge in [0, 0.05) is 18.9 Å². The molecule has 1 aromatic heterocycles. The van der Waals surface area contributed by atoms with Crippen molar-refractivity contribution in [2.45, 2.75) is 26.5 Å². The lowest BCUT2D eigenvalue weighted by Crippen LogP contribution is -2.08. The van der Waals surface area contributed by atoms with E-state index in [4.69, 9.17) is 4.74 Å². The van der Waals surface area contributed by atoms with Crippen LogP contribution in [-0.4, -0.2) is 9.55 Å². The van der Waals surface area contributed by atoms with Crippen molar-refractivity contribution in [3.05, 3.63) is 84.4 Å². The minimum Gasteiger partial charge on any atom is -0.489 e. The van der Waals surface area contributed by atoms with Crippen LogP contribution >= 0.6 is 0 Å². The zero-order valence-corrected chi connectivity index (χ0v) is 13.4. The molecule has 1 atom stereocenters. The Labute approximate surface area is 137 Å². The molecule has 118 valence electrons. The van der Waals surface area contributed by atoms with Crippen LogP contribution < -0.4 is 4.74 Å². The van der Waals surface area contributed by atoms with Gasteiger partial charge in [-0.1, -0.05) is 49.4 Å². The second-order valence-electron chi connectivity index (χ2n) is 5.99. The first kappa shape index (κ1) is 15.3. The minimum absolute atomic E-state index is 0.570. The smallest absolute Gasteiger partial charge is 0.119 e. The SMILES string of the molecule is CC(Cc1ccc(OCc2ccccc2)cc1)Cn1ccnc1. The van der Waals surface area contributed by atoms with Crippen molar-refractivity contribution in [1.29, 1.82) is 0 Å². The lowest BCUT2D eigenvalue weighted by atomic mass is 10.0. The van der Waals surface area contributed by atoms with Crippen molar-refractivity contribution in [1.82, 2.24) is 9.55 Å². The van der Waals surface area contributed by atoms with E-state index < -0.39 is 0 Å². The summed E-state index contributed by atoms with van der Waals surface area (Å²) in [6.07, 6.45) is 6.76. The maximum Gasteiger partial charge on any atom is 0.119 e. The van der Waals surface area contributed by atoms with Crippen LogP contribution in [0.1, 0.15) is 18.1 Å². The average Bonchev–Trinajstić information content (AvgIpc) is 3.08. The normalized spacial score (nSPS) is 12.0. The van der Waals surface area contributed by atoms with Gasteiger partial charge in [0.1, 0.15) is 12.4 Å². The van der Waals surface area contributed by atoms with Crippen molar-refractivity contribution in [3.8, 4) is 5.75 Å². The standard InChI is InChI=1S/C20H22N2O/c1-17(14-22-12-11-21-16-22)13-18-7-9-20(10-8-18)23-15-19-5-3-2-4-6-19/h2-12,16-17H,13-15H2,1H3. The van der Waals surface area contributed by atoms with Crippen LogP contribution in [0.3, 0.4) is 0 Å². The summed E-state index contributed by atoms with van der Waals surface area (Å²) < 4.78 is 7.95. The zero-order valence-electron chi connectivity index (χ0n) is 13.4. The van der Waals surface area contributed by atoms with Gasteiger partial charge in [-0.05, 0) is 35.6 Å². The summed E-state index contributed by atoms with van der Waals surface area (Å²) >= 11 is 0. The Morgan fingerprint density at radius 3 is 2.48 bits per heavy atom. The summed E-state index contributed by atoms with van der Waals surface area (Å²) in [4.78, 5) is 4.09. The fourth-order valence-corrected chi connectivity index (χ4v) is 2.68. The molecule has 0 aliphatic carbocycles. The van der Waals surface area contributed by atoms with Crippen LogP contribution in [0.25, 0.3) is 0 Å². The van der Waals surface area contributed by atoms with Crippen LogP contribution in [-0.2, 0) is 19.6 Å². The van der Waals surface area contributed by atoms with E-state index in [1.54, 1.807) is 0 Å². The molecule has 0 radical (unpaired) electrons. The summed E-state index contributed by atoms with van der Waals surface area (Å²) in [7, 11) is 0. The number of hydrogen-bond donors (Lipinski definition) is 0. The fraction of sp³-hybridized carbons (Fsp3) is 0.250. The quantitative estimate of drug-likeness (QED) is 0.649. The molecule has 0 saturated carbocycles. The molecule has 0 bridgehead atoms. The molecule has 3 aromatic rings. The van der Waals surface area contributed by atoms with Gasteiger partial charge in [-0.25, -0.2) is 4.98 Å². The third kappa shape index (κ3) is 4.71. The summed E-state index contributed by atoms with van der Waals surface area (Å²) in [6, 6.07) is 18.7. The third-order valence-corrected chi connectivity index (χ3v) is 3.84. The molecule has 0 aliphatic heterocycles. The van der Waals surface area contributed by atoms with Crippen LogP contribution in [0, 0.1) is 5.92 Å². The molecule has 1 unspecified atom stereocenters. The van der Waals surface area contributed by atoms with E-state index in [1.165, 1.54) is 11.1 Å². The number of nitrogens with zero attached hydrogens (tertiary/aromatic N) is 2. The van der Waals surface area contributed by atoms with Crippen LogP contribution in [0.15, 0.2) is 73.3 Å². The lowest BCUT2D eigenvalue weighted by Gasteiger charge is -2.13. The Bertz CT molecular complexity index is 690. The highest BCUT2D eigenvalue weighted by atomic mass is 16.5. The molecule has 1 heterocycles. The fourth-order valence-electron chi connectivity index (χ4n) is 2.68. The first-order chi connectivity index (χ1) is 11.3. The highest BCUT2D eigenvalue weighted by Gasteiger charge is 2.05. The van der Waals surface area contributed by atoms with E-state index in [0.29, 0.717) is 12.5 Å². The topological polar surface area (TPSA) is 27.1 Å². The highest BCUT2D eigenvalue weighted by Crippen LogP contribution is 2.17. The Kier molecular flexibility index (Phi) is 5.09. The van der Waals surface area contributed by atoms with E-state index in [-0.39, 0.29) is 0 Å². The molecule has 2 aromatic carbocycles. The number of rotatable bonds is 7. The van der Waals surface area contributed by atoms with Crippen molar-refractivity contribution < 1.29 is 4.74 Å². The molecule has 0 fully saturated rings. The molecule has 23 heavy (non-hydrogen) atoms. The number of ether oxygens (including phenoxy) is 1. The van der Waals surface area contributed by atoms with E-state index in [9.17, 15) is 0 Å². The summed E-state index contributed by atoms with van der Waals surface area (Å²) in [5.74, 6) is 1.49. The lowest BCUT2D eigenvalue weighted by molar-refractivity contribution is 0.306. The second-order valence-corrected chi connectivity index (χ2v) is 5.99. The molecule has 3 rings (SSSR count). The molecule has 0 N–H and O–H groups in total. The van der Waals surface area contributed by atoms with Gasteiger partial charge in [-0.2, -0.15) is 0 Å². The van der Waals surface area contributed by atoms with Gasteiger partial charge in [0.2, 0.25) is 0 Å². The molecule has 0 spiro atoms. The molecule has 3 nitrogen and oxygen atoms in total. The molecule has 0 saturated heterocycles. The monoisotopic (exact) mass is 306 g/mol. The molecular weight excluding hydrogens is 284 g/mol. The second kappa shape index (κ2) is 7.63. The first-order valence-electron chi connectivity index (χ1n) is 8.01. The number of aromatic nitrogens is 2. The number of benzene rings is 2. The average molecular weight is 306 g/mol. The maximum atomic E-state index is 5.82. The Morgan fingerprint density at radius 2 is 1.78 bits per heavy atom. The van der Waals surface area contributed by atoms with Gasteiger partial charge >= 0.3 is 0 Å². The van der Waals surface area contributed by atoms with E-state index >= 15 is 0 Å². The summed E-state index contributed by atoms with van der Waals surface area (Å²) in [5.41, 5.74) is 2.52. The Morgan fingerprint density at radius 1 is 1.00 bits per heavy atom. The van der Waals surface area contributed by atoms with Gasteiger partial charge in [0.05, 0.1) is 6.33 Å². The zero-order chi connectivity index (χ0) is 15.9. The van der Waals surface area contributed by atoms with Crippen LogP contribution in [0.4, 0.5) is 0 Å². The van der Waals surface area contributed by atoms with Crippen LogP contribution in [0.2, 0.25) is 0 Å². The maximum absolute atomic E-state index is 5.82. The third-order valence-electron chi connectivity index (χ3n) is 3.84. The van der Waals surface area contributed by atoms with Gasteiger partial charge in [0.25, 0.3) is 0 Å².